The van der Waals surface area contributed by atoms with E-state index in [1.54, 1.807) is 0 Å². The maximum Gasteiger partial charge on any atom is 2.00 e. The van der Waals surface area contributed by atoms with Crippen molar-refractivity contribution in [1.29, 1.82) is 0 Å². The number of aromatic nitrogens is 4. The molecular weight excluding hydrogens is 808 g/mol. The number of hydrogen-bond donors (Lipinski definition) is 0. The van der Waals surface area contributed by atoms with E-state index in [2.05, 4.69) is 114 Å². The van der Waals surface area contributed by atoms with Crippen molar-refractivity contribution in [3.63, 3.8) is 0 Å². The van der Waals surface area contributed by atoms with E-state index >= 15 is 0 Å². The Balaban J connectivity index is 0.00000448. The number of nitrogens with zero attached hydrogens (tertiary/aromatic N) is 4. The number of rotatable bonds is 11. The number of hydrogen-bond acceptors (Lipinski definition) is 3. The van der Waals surface area contributed by atoms with Crippen molar-refractivity contribution in [3.8, 4) is 34.1 Å². The van der Waals surface area contributed by atoms with E-state index in [9.17, 15) is 0 Å². The van der Waals surface area contributed by atoms with Crippen LogP contribution < -0.4 is 4.74 Å². The number of aryl methyl sites for hydroxylation is 2. The second-order valence-electron chi connectivity index (χ2n) is 14.0. The van der Waals surface area contributed by atoms with E-state index in [4.69, 9.17) is 14.8 Å². The number of benzene rings is 4. The number of fused-ring (bicyclic) bond motifs is 3. The van der Waals surface area contributed by atoms with E-state index in [-0.39, 0.29) is 21.1 Å². The molecule has 0 atom stereocenters. The molecular formula is C45H46N4OPt. The molecule has 7 aromatic rings. The van der Waals surface area contributed by atoms with Crippen molar-refractivity contribution in [1.82, 2.24) is 19.3 Å². The van der Waals surface area contributed by atoms with Gasteiger partial charge in [0.25, 0.3) is 0 Å². The molecule has 262 valence electrons. The van der Waals surface area contributed by atoms with Gasteiger partial charge in [0.05, 0.1) is 6.20 Å². The molecule has 5 nitrogen and oxygen atoms in total. The number of ether oxygens (including phenoxy) is 1. The summed E-state index contributed by atoms with van der Waals surface area (Å²) in [4.78, 5) is 4.71. The van der Waals surface area contributed by atoms with Crippen molar-refractivity contribution in [2.24, 2.45) is 0 Å². The summed E-state index contributed by atoms with van der Waals surface area (Å²) in [5.41, 5.74) is 12.4. The van der Waals surface area contributed by atoms with Crippen LogP contribution in [0.3, 0.4) is 0 Å². The molecule has 0 saturated heterocycles. The van der Waals surface area contributed by atoms with Gasteiger partial charge in [-0.05, 0) is 94.3 Å². The molecule has 3 heterocycles. The Hall–Kier alpha value is -4.47. The summed E-state index contributed by atoms with van der Waals surface area (Å²) in [6.45, 7) is 15.9. The molecule has 0 radical (unpaired) electrons. The van der Waals surface area contributed by atoms with Crippen LogP contribution in [0.15, 0.2) is 91.4 Å². The fourth-order valence-corrected chi connectivity index (χ4v) is 7.42. The monoisotopic (exact) mass is 853 g/mol. The Bertz CT molecular complexity index is 2310. The Morgan fingerprint density at radius 3 is 2.33 bits per heavy atom. The molecule has 6 heteroatoms. The van der Waals surface area contributed by atoms with Gasteiger partial charge in [-0.2, -0.15) is 17.2 Å². The molecule has 4 aromatic carbocycles. The van der Waals surface area contributed by atoms with Crippen LogP contribution in [0.5, 0.6) is 11.5 Å². The minimum Gasteiger partial charge on any atom is -0.509 e. The number of para-hydroxylation sites is 1. The minimum atomic E-state index is 0. The van der Waals surface area contributed by atoms with Gasteiger partial charge in [0, 0.05) is 35.0 Å². The first-order valence-corrected chi connectivity index (χ1v) is 18.1. The van der Waals surface area contributed by atoms with Gasteiger partial charge in [-0.15, -0.1) is 35.7 Å². The summed E-state index contributed by atoms with van der Waals surface area (Å²) < 4.78 is 10.5. The second kappa shape index (κ2) is 15.4. The van der Waals surface area contributed by atoms with E-state index in [1.807, 2.05) is 47.4 Å². The van der Waals surface area contributed by atoms with Gasteiger partial charge < -0.3 is 9.30 Å². The Morgan fingerprint density at radius 2 is 1.59 bits per heavy atom. The van der Waals surface area contributed by atoms with Gasteiger partial charge >= 0.3 is 21.1 Å². The van der Waals surface area contributed by atoms with E-state index in [0.29, 0.717) is 23.3 Å². The van der Waals surface area contributed by atoms with Gasteiger partial charge in [-0.3, -0.25) is 4.68 Å². The fourth-order valence-electron chi connectivity index (χ4n) is 7.42. The summed E-state index contributed by atoms with van der Waals surface area (Å²) in [7, 11) is 0. The average molecular weight is 854 g/mol. The van der Waals surface area contributed by atoms with Gasteiger partial charge in [-0.1, -0.05) is 84.2 Å². The smallest absolute Gasteiger partial charge is 0.509 e. The normalized spacial score (nSPS) is 11.5. The number of pyridine rings is 1. The van der Waals surface area contributed by atoms with Crippen LogP contribution >= 0.6 is 0 Å². The predicted octanol–water partition coefficient (Wildman–Crippen LogP) is 11.9. The first-order valence-electron chi connectivity index (χ1n) is 18.1. The Kier molecular flexibility index (Phi) is 11.0. The molecule has 0 amide bonds. The van der Waals surface area contributed by atoms with Crippen LogP contribution in [0.4, 0.5) is 0 Å². The molecule has 51 heavy (non-hydrogen) atoms. The first kappa shape index (κ1) is 36.3. The van der Waals surface area contributed by atoms with Crippen molar-refractivity contribution in [3.05, 3.63) is 131 Å². The third-order valence-electron chi connectivity index (χ3n) is 9.60. The summed E-state index contributed by atoms with van der Waals surface area (Å²) >= 11 is 0. The maximum atomic E-state index is 6.44. The molecule has 3 aromatic heterocycles. The zero-order valence-electron chi connectivity index (χ0n) is 30.7. The van der Waals surface area contributed by atoms with Crippen LogP contribution in [0.2, 0.25) is 0 Å². The summed E-state index contributed by atoms with van der Waals surface area (Å²) in [6.07, 6.45) is 10.5. The van der Waals surface area contributed by atoms with Gasteiger partial charge in [0.2, 0.25) is 0 Å². The van der Waals surface area contributed by atoms with Crippen LogP contribution in [0.1, 0.15) is 94.0 Å². The Morgan fingerprint density at radius 1 is 0.804 bits per heavy atom. The largest absolute Gasteiger partial charge is 2.00 e. The van der Waals surface area contributed by atoms with Crippen LogP contribution in [0, 0.1) is 19.1 Å². The molecule has 0 N–H and O–H groups in total. The zero-order chi connectivity index (χ0) is 34.9. The summed E-state index contributed by atoms with van der Waals surface area (Å²) in [5, 5.41) is 7.13. The zero-order valence-corrected chi connectivity index (χ0v) is 32.9. The molecule has 0 fully saturated rings. The minimum absolute atomic E-state index is 0. The topological polar surface area (TPSA) is 44.9 Å². The fraction of sp³-hybridized carbons (Fsp3) is 0.289. The Labute approximate surface area is 317 Å². The van der Waals surface area contributed by atoms with E-state index in [0.717, 1.165) is 70.1 Å². The predicted molar refractivity (Wildman–Crippen MR) is 206 cm³/mol. The summed E-state index contributed by atoms with van der Waals surface area (Å²) in [5.74, 6) is 2.88. The third kappa shape index (κ3) is 7.06. The third-order valence-corrected chi connectivity index (χ3v) is 9.60. The molecule has 0 unspecified atom stereocenters. The SMILES string of the molecule is CCCc1cc(C(C)C)c(-c2cnn(-c3[c-]c(Oc4[c-]c5c(cc4)c4ccccc4n5-c4cc(C)ccn4)ccc3)c2)c(C(C)C)c1CCC.[Pt+2]. The van der Waals surface area contributed by atoms with Crippen molar-refractivity contribution < 1.29 is 25.8 Å². The van der Waals surface area contributed by atoms with Crippen LogP contribution in [0.25, 0.3) is 44.4 Å². The van der Waals surface area contributed by atoms with E-state index < -0.39 is 0 Å². The van der Waals surface area contributed by atoms with E-state index in [1.165, 1.54) is 27.8 Å². The standard InChI is InChI=1S/C45H46N4O.Pt/c1-8-13-32-24-40(29(3)4)45(44(30(5)6)37(32)14-9-2)33-27-47-48(28-33)34-15-12-16-35(25-34)50-36-19-20-39-38-17-10-11-18-41(38)49(42(39)26-36)43-23-31(7)21-22-46-43;/h10-12,15-24,27-30H,8-9,13-14H2,1-7H3;/q-2;+2. The second-order valence-corrected chi connectivity index (χ2v) is 14.0. The first-order chi connectivity index (χ1) is 24.3. The molecule has 0 aliphatic heterocycles. The van der Waals surface area contributed by atoms with Gasteiger partial charge in [0.15, 0.2) is 0 Å². The van der Waals surface area contributed by atoms with Crippen LogP contribution in [-0.2, 0) is 33.9 Å². The quantitative estimate of drug-likeness (QED) is 0.122. The molecule has 0 saturated carbocycles. The van der Waals surface area contributed by atoms with Gasteiger partial charge in [0.1, 0.15) is 5.82 Å². The molecule has 7 rings (SSSR count). The van der Waals surface area contributed by atoms with Crippen molar-refractivity contribution in [2.45, 2.75) is 86.0 Å². The average Bonchev–Trinajstić information content (AvgIpc) is 3.72. The molecule has 0 spiro atoms. The van der Waals surface area contributed by atoms with Crippen LogP contribution in [-0.4, -0.2) is 19.3 Å². The summed E-state index contributed by atoms with van der Waals surface area (Å²) in [6, 6.07) is 32.1. The van der Waals surface area contributed by atoms with Crippen molar-refractivity contribution in [2.75, 3.05) is 0 Å². The molecule has 0 aliphatic carbocycles. The maximum absolute atomic E-state index is 6.44. The molecule has 0 bridgehead atoms. The molecule has 0 aliphatic rings. The van der Waals surface area contributed by atoms with Crippen molar-refractivity contribution >= 4 is 21.8 Å². The van der Waals surface area contributed by atoms with Gasteiger partial charge in [-0.25, -0.2) is 4.98 Å².